The molecule has 98 valence electrons. The van der Waals surface area contributed by atoms with Crippen LogP contribution in [-0.4, -0.2) is 25.7 Å². The number of rotatable bonds is 5. The van der Waals surface area contributed by atoms with Crippen molar-refractivity contribution < 1.29 is 8.42 Å². The second-order valence-electron chi connectivity index (χ2n) is 3.51. The van der Waals surface area contributed by atoms with E-state index >= 15 is 0 Å². The third-order valence-electron chi connectivity index (χ3n) is 2.15. The first-order chi connectivity index (χ1) is 8.53. The fraction of sp³-hybridized carbons (Fsp3) is 0.333. The summed E-state index contributed by atoms with van der Waals surface area (Å²) < 4.78 is 26.7. The van der Waals surface area contributed by atoms with Crippen LogP contribution in [0.3, 0.4) is 0 Å². The van der Waals surface area contributed by atoms with Crippen molar-refractivity contribution in [2.45, 2.75) is 18.4 Å². The normalized spacial score (nSPS) is 11.7. The number of hydrogen-bond donors (Lipinski definition) is 2. The highest BCUT2D eigenvalue weighted by molar-refractivity contribution is 7.93. The Morgan fingerprint density at radius 3 is 2.83 bits per heavy atom. The van der Waals surface area contributed by atoms with E-state index in [0.717, 1.165) is 21.1 Å². The van der Waals surface area contributed by atoms with Crippen LogP contribution in [0.4, 0.5) is 5.13 Å². The Morgan fingerprint density at radius 2 is 2.22 bits per heavy atom. The molecule has 0 spiro atoms. The first-order valence-corrected chi connectivity index (χ1v) is 8.24. The van der Waals surface area contributed by atoms with Crippen molar-refractivity contribution in [3.05, 3.63) is 21.3 Å². The van der Waals surface area contributed by atoms with E-state index in [2.05, 4.69) is 20.2 Å². The summed E-state index contributed by atoms with van der Waals surface area (Å²) in [5.41, 5.74) is 1.48. The molecule has 0 fully saturated rings. The monoisotopic (exact) mass is 304 g/mol. The van der Waals surface area contributed by atoms with Crippen molar-refractivity contribution in [3.8, 4) is 0 Å². The summed E-state index contributed by atoms with van der Waals surface area (Å²) in [7, 11) is -1.75. The molecule has 0 bridgehead atoms. The lowest BCUT2D eigenvalue weighted by Crippen LogP contribution is -2.13. The first-order valence-electron chi connectivity index (χ1n) is 5.06. The van der Waals surface area contributed by atoms with Crippen LogP contribution in [0.25, 0.3) is 0 Å². The minimum atomic E-state index is -3.57. The lowest BCUT2D eigenvalue weighted by atomic mass is 10.4. The zero-order valence-corrected chi connectivity index (χ0v) is 12.2. The van der Waals surface area contributed by atoms with Crippen molar-refractivity contribution >= 4 is 37.8 Å². The van der Waals surface area contributed by atoms with Gasteiger partial charge in [-0.3, -0.25) is 4.72 Å². The summed E-state index contributed by atoms with van der Waals surface area (Å²) >= 11 is 2.61. The smallest absolute Gasteiger partial charge is 0.264 e. The van der Waals surface area contributed by atoms with Crippen LogP contribution in [0.5, 0.6) is 0 Å². The molecular weight excluding hydrogens is 292 g/mol. The molecule has 0 aromatic carbocycles. The number of thiophene rings is 1. The molecule has 0 aliphatic rings. The molecule has 0 amide bonds. The van der Waals surface area contributed by atoms with Crippen molar-refractivity contribution in [2.75, 3.05) is 11.8 Å². The highest BCUT2D eigenvalue weighted by atomic mass is 32.2. The molecular formula is C9H12N4O2S3. The van der Waals surface area contributed by atoms with E-state index in [1.54, 1.807) is 13.0 Å². The Bertz CT molecular complexity index is 618. The minimum absolute atomic E-state index is 0.274. The van der Waals surface area contributed by atoms with Crippen LogP contribution in [0.15, 0.2) is 16.5 Å². The molecule has 0 aliphatic carbocycles. The summed E-state index contributed by atoms with van der Waals surface area (Å²) in [4.78, 5) is 2.04. The second-order valence-corrected chi connectivity index (χ2v) is 7.34. The SMILES string of the molecule is CNCc1cc(S(=O)(=O)Nc2nncs2)c(C)s1. The first kappa shape index (κ1) is 13.4. The number of hydrogen-bond acceptors (Lipinski definition) is 7. The van der Waals surface area contributed by atoms with Gasteiger partial charge >= 0.3 is 0 Å². The van der Waals surface area contributed by atoms with Crippen molar-refractivity contribution in [1.82, 2.24) is 15.5 Å². The van der Waals surface area contributed by atoms with Gasteiger partial charge in [-0.25, -0.2) is 8.42 Å². The fourth-order valence-electron chi connectivity index (χ4n) is 1.44. The average Bonchev–Trinajstić information content (AvgIpc) is 2.88. The van der Waals surface area contributed by atoms with Gasteiger partial charge in [0, 0.05) is 16.3 Å². The average molecular weight is 304 g/mol. The topological polar surface area (TPSA) is 84.0 Å². The molecule has 6 nitrogen and oxygen atoms in total. The third kappa shape index (κ3) is 2.86. The largest absolute Gasteiger partial charge is 0.315 e. The van der Waals surface area contributed by atoms with Gasteiger partial charge in [-0.05, 0) is 20.0 Å². The van der Waals surface area contributed by atoms with Gasteiger partial charge in [-0.1, -0.05) is 11.3 Å². The lowest BCUT2D eigenvalue weighted by Gasteiger charge is -2.02. The molecule has 2 N–H and O–H groups in total. The van der Waals surface area contributed by atoms with Gasteiger partial charge in [-0.15, -0.1) is 21.5 Å². The molecule has 9 heteroatoms. The molecule has 0 atom stereocenters. The van der Waals surface area contributed by atoms with E-state index in [1.807, 2.05) is 7.05 Å². The summed E-state index contributed by atoms with van der Waals surface area (Å²) in [6.45, 7) is 2.44. The Morgan fingerprint density at radius 1 is 1.44 bits per heavy atom. The second kappa shape index (κ2) is 5.31. The molecule has 2 aromatic rings. The predicted octanol–water partition coefficient (Wildman–Crippen LogP) is 1.43. The maximum absolute atomic E-state index is 12.2. The highest BCUT2D eigenvalue weighted by Crippen LogP contribution is 2.27. The van der Waals surface area contributed by atoms with Crippen LogP contribution in [0, 0.1) is 6.92 Å². The Kier molecular flexibility index (Phi) is 3.95. The lowest BCUT2D eigenvalue weighted by molar-refractivity contribution is 0.601. The maximum atomic E-state index is 12.2. The summed E-state index contributed by atoms with van der Waals surface area (Å²) in [6, 6.07) is 1.68. The van der Waals surface area contributed by atoms with Gasteiger partial charge in [0.15, 0.2) is 0 Å². The number of sulfonamides is 1. The van der Waals surface area contributed by atoms with Crippen LogP contribution < -0.4 is 10.0 Å². The zero-order valence-electron chi connectivity index (χ0n) is 9.80. The van der Waals surface area contributed by atoms with E-state index in [9.17, 15) is 8.42 Å². The zero-order chi connectivity index (χ0) is 13.2. The van der Waals surface area contributed by atoms with E-state index in [4.69, 9.17) is 0 Å². The molecule has 18 heavy (non-hydrogen) atoms. The number of anilines is 1. The van der Waals surface area contributed by atoms with Gasteiger partial charge in [0.25, 0.3) is 10.0 Å². The van der Waals surface area contributed by atoms with Crippen LogP contribution in [-0.2, 0) is 16.6 Å². The predicted molar refractivity (Wildman–Crippen MR) is 72.5 cm³/mol. The molecule has 2 heterocycles. The molecule has 0 saturated heterocycles. The van der Waals surface area contributed by atoms with E-state index < -0.39 is 10.0 Å². The number of aromatic nitrogens is 2. The summed E-state index contributed by atoms with van der Waals surface area (Å²) in [5, 5.41) is 10.5. The van der Waals surface area contributed by atoms with E-state index in [0.29, 0.717) is 11.4 Å². The molecule has 0 unspecified atom stereocenters. The van der Waals surface area contributed by atoms with Crippen molar-refractivity contribution in [2.24, 2.45) is 0 Å². The van der Waals surface area contributed by atoms with Gasteiger partial charge in [0.2, 0.25) is 5.13 Å². The Labute approximate surface area is 113 Å². The van der Waals surface area contributed by atoms with Crippen LogP contribution in [0.2, 0.25) is 0 Å². The molecule has 0 radical (unpaired) electrons. The maximum Gasteiger partial charge on any atom is 0.264 e. The molecule has 0 aliphatic heterocycles. The van der Waals surface area contributed by atoms with Gasteiger partial charge in [0.1, 0.15) is 10.4 Å². The third-order valence-corrected chi connectivity index (χ3v) is 5.53. The van der Waals surface area contributed by atoms with Crippen LogP contribution in [0.1, 0.15) is 9.75 Å². The summed E-state index contributed by atoms with van der Waals surface area (Å²) in [6.07, 6.45) is 0. The van der Waals surface area contributed by atoms with E-state index in [-0.39, 0.29) is 5.13 Å². The molecule has 2 aromatic heterocycles. The summed E-state index contributed by atoms with van der Waals surface area (Å²) in [5.74, 6) is 0. The number of aryl methyl sites for hydroxylation is 1. The Balaban J connectivity index is 2.29. The minimum Gasteiger partial charge on any atom is -0.315 e. The number of nitrogens with one attached hydrogen (secondary N) is 2. The van der Waals surface area contributed by atoms with Crippen LogP contribution >= 0.6 is 22.7 Å². The van der Waals surface area contributed by atoms with Gasteiger partial charge < -0.3 is 5.32 Å². The van der Waals surface area contributed by atoms with Crippen molar-refractivity contribution in [3.63, 3.8) is 0 Å². The van der Waals surface area contributed by atoms with Crippen molar-refractivity contribution in [1.29, 1.82) is 0 Å². The fourth-order valence-corrected chi connectivity index (χ4v) is 4.78. The van der Waals surface area contributed by atoms with E-state index in [1.165, 1.54) is 16.8 Å². The molecule has 2 rings (SSSR count). The standard InChI is InChI=1S/C9H12N4O2S3/c1-6-8(3-7(17-6)4-10-2)18(14,15)13-9-12-11-5-16-9/h3,5,10H,4H2,1-2H3,(H,12,13). The Hall–Kier alpha value is -1.03. The van der Waals surface area contributed by atoms with Gasteiger partial charge in [0.05, 0.1) is 0 Å². The number of nitrogens with zero attached hydrogens (tertiary/aromatic N) is 2. The molecule has 0 saturated carbocycles. The highest BCUT2D eigenvalue weighted by Gasteiger charge is 2.20. The van der Waals surface area contributed by atoms with Gasteiger partial charge in [-0.2, -0.15) is 0 Å². The quantitative estimate of drug-likeness (QED) is 0.873.